The third-order valence-corrected chi connectivity index (χ3v) is 4.29. The van der Waals surface area contributed by atoms with Crippen LogP contribution < -0.4 is 10.2 Å². The Morgan fingerprint density at radius 1 is 1.40 bits per heavy atom. The molecule has 0 aliphatic carbocycles. The van der Waals surface area contributed by atoms with Crippen LogP contribution in [-0.4, -0.2) is 34.5 Å². The lowest BCUT2D eigenvalue weighted by Gasteiger charge is -2.32. The highest BCUT2D eigenvalue weighted by Gasteiger charge is 2.38. The summed E-state index contributed by atoms with van der Waals surface area (Å²) in [5, 5.41) is 19.1. The molecule has 0 spiro atoms. The molecule has 1 aliphatic rings. The van der Waals surface area contributed by atoms with Crippen LogP contribution >= 0.6 is 23.2 Å². The average molecular weight is 391 g/mol. The van der Waals surface area contributed by atoms with Crippen molar-refractivity contribution in [2.24, 2.45) is 0 Å². The number of aromatic hydroxyl groups is 1. The summed E-state index contributed by atoms with van der Waals surface area (Å²) >= 11 is 12.1. The monoisotopic (exact) mass is 390 g/mol. The number of hydrazine groups is 1. The number of benzene rings is 1. The highest BCUT2D eigenvalue weighted by Crippen LogP contribution is 2.38. The number of nitrogens with one attached hydrogen (secondary N) is 1. The highest BCUT2D eigenvalue weighted by molar-refractivity contribution is 6.37. The lowest BCUT2D eigenvalue weighted by molar-refractivity contribution is -0.136. The number of carboxylic acid groups (broad SMARTS) is 1. The van der Waals surface area contributed by atoms with E-state index in [0.29, 0.717) is 10.6 Å². The number of hydrogen-bond donors (Lipinski definition) is 3. The van der Waals surface area contributed by atoms with Crippen molar-refractivity contribution in [2.75, 3.05) is 7.05 Å². The van der Waals surface area contributed by atoms with E-state index in [1.54, 1.807) is 6.07 Å². The number of aliphatic carboxylic acids is 1. The maximum Gasteiger partial charge on any atom is 0.355 e. The molecule has 136 valence electrons. The van der Waals surface area contributed by atoms with Crippen LogP contribution in [-0.2, 0) is 4.79 Å². The maximum atomic E-state index is 14.4. The number of rotatable bonds is 5. The minimum Gasteiger partial charge on any atom is -0.508 e. The molecule has 1 atom stereocenters. The van der Waals surface area contributed by atoms with Gasteiger partial charge in [0.2, 0.25) is 6.30 Å². The molecule has 0 fully saturated rings. The van der Waals surface area contributed by atoms with Crippen LogP contribution in [0, 0.1) is 0 Å². The summed E-state index contributed by atoms with van der Waals surface area (Å²) in [5.74, 6) is -1.40. The van der Waals surface area contributed by atoms with E-state index in [9.17, 15) is 19.4 Å². The van der Waals surface area contributed by atoms with E-state index in [4.69, 9.17) is 27.9 Å². The van der Waals surface area contributed by atoms with Gasteiger partial charge in [0, 0.05) is 12.6 Å². The van der Waals surface area contributed by atoms with Crippen molar-refractivity contribution in [1.29, 1.82) is 0 Å². The second-order valence-electron chi connectivity index (χ2n) is 5.55. The molecule has 1 aliphatic heterocycles. The number of carboxylic acids is 1. The largest absolute Gasteiger partial charge is 0.508 e. The van der Waals surface area contributed by atoms with Gasteiger partial charge >= 0.3 is 5.97 Å². The SMILES string of the molecule is CNN1C(C(=O)O)=C(Cl)C(Oc2ccc(O)c(C(C)C)c2)=C(Cl)C1F. The van der Waals surface area contributed by atoms with Gasteiger partial charge in [-0.05, 0) is 24.1 Å². The molecular weight excluding hydrogens is 374 g/mol. The minimum atomic E-state index is -1.99. The van der Waals surface area contributed by atoms with Gasteiger partial charge in [0.05, 0.1) is 0 Å². The van der Waals surface area contributed by atoms with E-state index in [0.717, 1.165) is 0 Å². The fourth-order valence-corrected chi connectivity index (χ4v) is 2.94. The molecule has 25 heavy (non-hydrogen) atoms. The van der Waals surface area contributed by atoms with Crippen LogP contribution in [0.1, 0.15) is 25.3 Å². The molecule has 9 heteroatoms. The summed E-state index contributed by atoms with van der Waals surface area (Å²) in [6.07, 6.45) is -1.99. The van der Waals surface area contributed by atoms with E-state index in [1.807, 2.05) is 13.8 Å². The van der Waals surface area contributed by atoms with E-state index >= 15 is 0 Å². The number of hydrogen-bond acceptors (Lipinski definition) is 5. The first-order valence-electron chi connectivity index (χ1n) is 7.33. The Bertz CT molecular complexity index is 765. The Labute approximate surface area is 154 Å². The van der Waals surface area contributed by atoms with Gasteiger partial charge in [-0.15, -0.1) is 0 Å². The molecule has 1 heterocycles. The highest BCUT2D eigenvalue weighted by atomic mass is 35.5. The number of allylic oxidation sites excluding steroid dienone is 1. The molecule has 6 nitrogen and oxygen atoms in total. The molecule has 2 rings (SSSR count). The number of nitrogens with zero attached hydrogens (tertiary/aromatic N) is 1. The second kappa shape index (κ2) is 7.51. The first kappa shape index (κ1) is 19.4. The minimum absolute atomic E-state index is 0.00802. The first-order valence-corrected chi connectivity index (χ1v) is 8.09. The van der Waals surface area contributed by atoms with E-state index < -0.39 is 23.0 Å². The fraction of sp³-hybridized carbons (Fsp3) is 0.312. The first-order chi connectivity index (χ1) is 11.7. The Morgan fingerprint density at radius 2 is 2.04 bits per heavy atom. The van der Waals surface area contributed by atoms with Gasteiger partial charge in [-0.1, -0.05) is 37.0 Å². The number of alkyl halides is 1. The van der Waals surface area contributed by atoms with Gasteiger partial charge in [0.15, 0.2) is 11.5 Å². The van der Waals surface area contributed by atoms with Crippen LogP contribution in [0.3, 0.4) is 0 Å². The summed E-state index contributed by atoms with van der Waals surface area (Å²) in [6, 6.07) is 4.42. The molecule has 0 amide bonds. The topological polar surface area (TPSA) is 82.0 Å². The Morgan fingerprint density at radius 3 is 2.56 bits per heavy atom. The molecule has 1 aromatic rings. The number of ether oxygens (including phenoxy) is 1. The van der Waals surface area contributed by atoms with E-state index in [2.05, 4.69) is 5.43 Å². The summed E-state index contributed by atoms with van der Waals surface area (Å²) in [6.45, 7) is 3.76. The van der Waals surface area contributed by atoms with Crippen LogP contribution in [0.2, 0.25) is 0 Å². The van der Waals surface area contributed by atoms with Crippen molar-refractivity contribution >= 4 is 29.2 Å². The molecule has 0 aromatic heterocycles. The van der Waals surface area contributed by atoms with E-state index in [1.165, 1.54) is 19.2 Å². The second-order valence-corrected chi connectivity index (χ2v) is 6.34. The third-order valence-electron chi connectivity index (χ3n) is 3.59. The lowest BCUT2D eigenvalue weighted by atomic mass is 10.0. The molecule has 3 N–H and O–H groups in total. The van der Waals surface area contributed by atoms with Crippen molar-refractivity contribution < 1.29 is 24.1 Å². The Hall–Kier alpha value is -1.96. The van der Waals surface area contributed by atoms with Gasteiger partial charge in [-0.2, -0.15) is 0 Å². The van der Waals surface area contributed by atoms with Gasteiger partial charge in [0.1, 0.15) is 21.6 Å². The molecule has 1 unspecified atom stereocenters. The quantitative estimate of drug-likeness (QED) is 0.666. The van der Waals surface area contributed by atoms with Crippen LogP contribution in [0.25, 0.3) is 0 Å². The molecular formula is C16H17Cl2FN2O4. The summed E-state index contributed by atoms with van der Waals surface area (Å²) in [4.78, 5) is 11.4. The van der Waals surface area contributed by atoms with Gasteiger partial charge in [-0.25, -0.2) is 14.6 Å². The van der Waals surface area contributed by atoms with Crippen molar-refractivity contribution in [3.63, 3.8) is 0 Å². The molecule has 0 radical (unpaired) electrons. The predicted octanol–water partition coefficient (Wildman–Crippen LogP) is 3.63. The fourth-order valence-electron chi connectivity index (χ4n) is 2.35. The van der Waals surface area contributed by atoms with E-state index in [-0.39, 0.29) is 28.2 Å². The number of halogens is 3. The van der Waals surface area contributed by atoms with Crippen molar-refractivity contribution in [3.8, 4) is 11.5 Å². The molecule has 0 saturated carbocycles. The summed E-state index contributed by atoms with van der Waals surface area (Å²) in [7, 11) is 1.34. The zero-order valence-corrected chi connectivity index (χ0v) is 15.2. The zero-order valence-electron chi connectivity index (χ0n) is 13.7. The van der Waals surface area contributed by atoms with Crippen LogP contribution in [0.5, 0.6) is 11.5 Å². The molecule has 1 aromatic carbocycles. The zero-order chi connectivity index (χ0) is 18.9. The molecule has 0 saturated heterocycles. The Balaban J connectivity index is 2.49. The van der Waals surface area contributed by atoms with Crippen molar-refractivity contribution in [1.82, 2.24) is 10.4 Å². The standard InChI is InChI=1S/C16H17Cl2FN2O4/c1-7(2)9-6-8(4-5-10(9)22)25-14-11(17)13(16(23)24)21(20-3)15(19)12(14)18/h4-7,15,20,22H,1-3H3,(H,23,24). The Kier molecular flexibility index (Phi) is 5.82. The number of phenols is 1. The smallest absolute Gasteiger partial charge is 0.355 e. The number of carbonyl (C=O) groups is 1. The predicted molar refractivity (Wildman–Crippen MR) is 92.0 cm³/mol. The summed E-state index contributed by atoms with van der Waals surface area (Å²) < 4.78 is 20.0. The normalized spacial score (nSPS) is 18.2. The summed E-state index contributed by atoms with van der Waals surface area (Å²) in [5.41, 5.74) is 2.47. The van der Waals surface area contributed by atoms with Gasteiger partial charge in [0.25, 0.3) is 0 Å². The van der Waals surface area contributed by atoms with Crippen molar-refractivity contribution in [3.05, 3.63) is 45.3 Å². The van der Waals surface area contributed by atoms with Gasteiger partial charge < -0.3 is 14.9 Å². The number of phenolic OH excluding ortho intramolecular Hbond substituents is 1. The van der Waals surface area contributed by atoms with Crippen LogP contribution in [0.15, 0.2) is 39.7 Å². The maximum absolute atomic E-state index is 14.4. The van der Waals surface area contributed by atoms with Crippen LogP contribution in [0.4, 0.5) is 4.39 Å². The van der Waals surface area contributed by atoms with Crippen molar-refractivity contribution in [2.45, 2.75) is 26.1 Å². The third kappa shape index (κ3) is 3.68. The molecule has 0 bridgehead atoms. The van der Waals surface area contributed by atoms with Gasteiger partial charge in [-0.3, -0.25) is 5.01 Å². The average Bonchev–Trinajstić information content (AvgIpc) is 2.55. The lowest BCUT2D eigenvalue weighted by Crippen LogP contribution is -2.46.